The molecular weight excluding hydrogens is 196 g/mol. The normalized spacial score (nSPS) is 12.8. The molecule has 0 fully saturated rings. The largest absolute Gasteiger partial charge is 0.320 e. The van der Waals surface area contributed by atoms with Gasteiger partial charge in [-0.2, -0.15) is 0 Å². The van der Waals surface area contributed by atoms with Crippen molar-refractivity contribution >= 4 is 0 Å². The number of aryl methyl sites for hydroxylation is 1. The van der Waals surface area contributed by atoms with Crippen LogP contribution in [0.5, 0.6) is 0 Å². The standard InChI is InChI=1S/C14H24N2/c1-10-6-7-13(12(3)11(10)2)14(16-5)8-9-15-4/h6-7,14-16H,8-9H2,1-5H3. The summed E-state index contributed by atoms with van der Waals surface area (Å²) < 4.78 is 0. The summed E-state index contributed by atoms with van der Waals surface area (Å²) in [4.78, 5) is 0. The Labute approximate surface area is 99.5 Å². The summed E-state index contributed by atoms with van der Waals surface area (Å²) in [7, 11) is 4.04. The van der Waals surface area contributed by atoms with Gasteiger partial charge in [0.05, 0.1) is 0 Å². The lowest BCUT2D eigenvalue weighted by atomic mass is 9.93. The maximum absolute atomic E-state index is 3.40. The fraction of sp³-hybridized carbons (Fsp3) is 0.571. The van der Waals surface area contributed by atoms with Gasteiger partial charge in [0, 0.05) is 6.04 Å². The Kier molecular flexibility index (Phi) is 4.97. The fourth-order valence-corrected chi connectivity index (χ4v) is 2.10. The van der Waals surface area contributed by atoms with Crippen LogP contribution in [0.2, 0.25) is 0 Å². The van der Waals surface area contributed by atoms with E-state index in [0.29, 0.717) is 6.04 Å². The van der Waals surface area contributed by atoms with Crippen LogP contribution in [-0.4, -0.2) is 20.6 Å². The molecule has 0 bridgehead atoms. The Morgan fingerprint density at radius 3 is 2.31 bits per heavy atom. The molecule has 0 saturated carbocycles. The van der Waals surface area contributed by atoms with Crippen molar-refractivity contribution < 1.29 is 0 Å². The molecular formula is C14H24N2. The van der Waals surface area contributed by atoms with Crippen molar-refractivity contribution in [3.63, 3.8) is 0 Å². The molecule has 1 unspecified atom stereocenters. The van der Waals surface area contributed by atoms with Gasteiger partial charge in [0.15, 0.2) is 0 Å². The molecule has 0 radical (unpaired) electrons. The minimum Gasteiger partial charge on any atom is -0.320 e. The molecule has 0 aromatic heterocycles. The van der Waals surface area contributed by atoms with Gasteiger partial charge in [0.25, 0.3) is 0 Å². The highest BCUT2D eigenvalue weighted by Gasteiger charge is 2.12. The Hall–Kier alpha value is -0.860. The van der Waals surface area contributed by atoms with E-state index in [1.165, 1.54) is 22.3 Å². The van der Waals surface area contributed by atoms with Crippen molar-refractivity contribution in [1.82, 2.24) is 10.6 Å². The molecule has 0 heterocycles. The van der Waals surface area contributed by atoms with Crippen LogP contribution in [0.1, 0.15) is 34.7 Å². The monoisotopic (exact) mass is 220 g/mol. The van der Waals surface area contributed by atoms with E-state index in [2.05, 4.69) is 43.5 Å². The van der Waals surface area contributed by atoms with Gasteiger partial charge in [-0.05, 0) is 70.1 Å². The van der Waals surface area contributed by atoms with Gasteiger partial charge in [0.1, 0.15) is 0 Å². The van der Waals surface area contributed by atoms with E-state index < -0.39 is 0 Å². The van der Waals surface area contributed by atoms with E-state index >= 15 is 0 Å². The van der Waals surface area contributed by atoms with Crippen molar-refractivity contribution in [3.8, 4) is 0 Å². The molecule has 90 valence electrons. The molecule has 2 N–H and O–H groups in total. The first-order valence-electron chi connectivity index (χ1n) is 6.00. The Morgan fingerprint density at radius 2 is 1.75 bits per heavy atom. The summed E-state index contributed by atoms with van der Waals surface area (Å²) >= 11 is 0. The summed E-state index contributed by atoms with van der Waals surface area (Å²) in [6.07, 6.45) is 1.12. The van der Waals surface area contributed by atoms with Crippen molar-refractivity contribution in [2.75, 3.05) is 20.6 Å². The third kappa shape index (κ3) is 2.83. The van der Waals surface area contributed by atoms with Gasteiger partial charge in [-0.15, -0.1) is 0 Å². The van der Waals surface area contributed by atoms with Crippen LogP contribution >= 0.6 is 0 Å². The zero-order valence-corrected chi connectivity index (χ0v) is 11.1. The van der Waals surface area contributed by atoms with Crippen LogP contribution in [0.4, 0.5) is 0 Å². The number of nitrogens with one attached hydrogen (secondary N) is 2. The topological polar surface area (TPSA) is 24.1 Å². The maximum Gasteiger partial charge on any atom is 0.0332 e. The quantitative estimate of drug-likeness (QED) is 0.796. The van der Waals surface area contributed by atoms with Gasteiger partial charge in [-0.3, -0.25) is 0 Å². The van der Waals surface area contributed by atoms with Crippen molar-refractivity contribution in [1.29, 1.82) is 0 Å². The average molecular weight is 220 g/mol. The van der Waals surface area contributed by atoms with Gasteiger partial charge >= 0.3 is 0 Å². The Balaban J connectivity index is 2.96. The van der Waals surface area contributed by atoms with Gasteiger partial charge in [0.2, 0.25) is 0 Å². The van der Waals surface area contributed by atoms with Crippen molar-refractivity contribution in [2.45, 2.75) is 33.2 Å². The summed E-state index contributed by atoms with van der Waals surface area (Å²) in [5.41, 5.74) is 5.66. The van der Waals surface area contributed by atoms with E-state index in [-0.39, 0.29) is 0 Å². The average Bonchev–Trinajstić information content (AvgIpc) is 2.29. The van der Waals surface area contributed by atoms with Crippen LogP contribution in [0.25, 0.3) is 0 Å². The molecule has 0 amide bonds. The van der Waals surface area contributed by atoms with Gasteiger partial charge in [-0.1, -0.05) is 12.1 Å². The minimum absolute atomic E-state index is 0.451. The van der Waals surface area contributed by atoms with E-state index in [4.69, 9.17) is 0 Å². The van der Waals surface area contributed by atoms with Crippen LogP contribution < -0.4 is 10.6 Å². The van der Waals surface area contributed by atoms with Crippen LogP contribution in [0.3, 0.4) is 0 Å². The minimum atomic E-state index is 0.451. The first kappa shape index (κ1) is 13.2. The number of rotatable bonds is 5. The zero-order chi connectivity index (χ0) is 12.1. The number of benzene rings is 1. The van der Waals surface area contributed by atoms with E-state index in [9.17, 15) is 0 Å². The highest BCUT2D eigenvalue weighted by Crippen LogP contribution is 2.24. The fourth-order valence-electron chi connectivity index (χ4n) is 2.10. The molecule has 16 heavy (non-hydrogen) atoms. The molecule has 2 heteroatoms. The summed E-state index contributed by atoms with van der Waals surface area (Å²) in [5, 5.41) is 6.61. The smallest absolute Gasteiger partial charge is 0.0332 e. The Bertz CT molecular complexity index is 345. The molecule has 0 aliphatic rings. The van der Waals surface area contributed by atoms with Crippen LogP contribution in [0.15, 0.2) is 12.1 Å². The predicted molar refractivity (Wildman–Crippen MR) is 71.0 cm³/mol. The zero-order valence-electron chi connectivity index (χ0n) is 11.1. The number of hydrogen-bond acceptors (Lipinski definition) is 2. The molecule has 1 aromatic carbocycles. The molecule has 1 aromatic rings. The summed E-state index contributed by atoms with van der Waals surface area (Å²) in [5.74, 6) is 0. The SMILES string of the molecule is CNCCC(NC)c1ccc(C)c(C)c1C. The van der Waals surface area contributed by atoms with Crippen molar-refractivity contribution in [2.24, 2.45) is 0 Å². The van der Waals surface area contributed by atoms with Crippen molar-refractivity contribution in [3.05, 3.63) is 34.4 Å². The van der Waals surface area contributed by atoms with Gasteiger partial charge in [-0.25, -0.2) is 0 Å². The molecule has 0 saturated heterocycles. The van der Waals surface area contributed by atoms with Crippen LogP contribution in [0, 0.1) is 20.8 Å². The maximum atomic E-state index is 3.40. The molecule has 2 nitrogen and oxygen atoms in total. The van der Waals surface area contributed by atoms with E-state index in [0.717, 1.165) is 13.0 Å². The summed E-state index contributed by atoms with van der Waals surface area (Å²) in [6, 6.07) is 4.93. The second kappa shape index (κ2) is 6.02. The second-order valence-corrected chi connectivity index (χ2v) is 4.46. The summed E-state index contributed by atoms with van der Waals surface area (Å²) in [6.45, 7) is 7.65. The van der Waals surface area contributed by atoms with E-state index in [1.54, 1.807) is 0 Å². The lowest BCUT2D eigenvalue weighted by Gasteiger charge is -2.20. The highest BCUT2D eigenvalue weighted by atomic mass is 14.9. The molecule has 0 aliphatic carbocycles. The lowest BCUT2D eigenvalue weighted by molar-refractivity contribution is 0.530. The van der Waals surface area contributed by atoms with Crippen LogP contribution in [-0.2, 0) is 0 Å². The predicted octanol–water partition coefficient (Wildman–Crippen LogP) is 2.48. The second-order valence-electron chi connectivity index (χ2n) is 4.46. The molecule has 0 spiro atoms. The molecule has 1 rings (SSSR count). The molecule has 0 aliphatic heterocycles. The number of hydrogen-bond donors (Lipinski definition) is 2. The van der Waals surface area contributed by atoms with E-state index in [1.807, 2.05) is 14.1 Å². The third-order valence-electron chi connectivity index (χ3n) is 3.51. The molecule has 1 atom stereocenters. The Morgan fingerprint density at radius 1 is 1.06 bits per heavy atom. The highest BCUT2D eigenvalue weighted by molar-refractivity contribution is 5.40. The first-order chi connectivity index (χ1) is 7.61. The first-order valence-corrected chi connectivity index (χ1v) is 6.00. The third-order valence-corrected chi connectivity index (χ3v) is 3.51. The lowest BCUT2D eigenvalue weighted by Crippen LogP contribution is -2.22. The van der Waals surface area contributed by atoms with Gasteiger partial charge < -0.3 is 10.6 Å².